The van der Waals surface area contributed by atoms with Crippen molar-refractivity contribution in [2.24, 2.45) is 5.92 Å². The second-order valence-electron chi connectivity index (χ2n) is 6.96. The zero-order chi connectivity index (χ0) is 17.2. The number of rotatable bonds is 4. The Balaban J connectivity index is 1.77. The second-order valence-corrected chi connectivity index (χ2v) is 6.96. The van der Waals surface area contributed by atoms with E-state index in [4.69, 9.17) is 4.74 Å². The summed E-state index contributed by atoms with van der Waals surface area (Å²) in [7, 11) is 0. The molecule has 1 aromatic rings. The van der Waals surface area contributed by atoms with Crippen molar-refractivity contribution >= 4 is 11.9 Å². The maximum Gasteiger partial charge on any atom is 0.329 e. The lowest BCUT2D eigenvalue weighted by atomic mass is 9.75. The Hall–Kier alpha value is -2.04. The smallest absolute Gasteiger partial charge is 0.329 e. The number of nitrogens with one attached hydrogen (secondary N) is 1. The van der Waals surface area contributed by atoms with E-state index >= 15 is 0 Å². The highest BCUT2D eigenvalue weighted by Gasteiger charge is 2.44. The lowest BCUT2D eigenvalue weighted by Gasteiger charge is -2.38. The number of carbonyl (C=O) groups excluding carboxylic acids is 1. The van der Waals surface area contributed by atoms with E-state index in [-0.39, 0.29) is 11.8 Å². The number of carbonyl (C=O) groups is 2. The molecule has 1 heterocycles. The Bertz CT molecular complexity index is 620. The monoisotopic (exact) mass is 331 g/mol. The average Bonchev–Trinajstić information content (AvgIpc) is 2.61. The number of para-hydroxylation sites is 1. The molecule has 1 saturated carbocycles. The van der Waals surface area contributed by atoms with Crippen LogP contribution in [0.1, 0.15) is 56.9 Å². The predicted octanol–water partition coefficient (Wildman–Crippen LogP) is 3.09. The van der Waals surface area contributed by atoms with Gasteiger partial charge in [-0.3, -0.25) is 4.79 Å². The molecule has 1 aromatic carbocycles. The predicted molar refractivity (Wildman–Crippen MR) is 90.1 cm³/mol. The molecule has 5 heteroatoms. The highest BCUT2D eigenvalue weighted by molar-refractivity contribution is 5.91. The van der Waals surface area contributed by atoms with Gasteiger partial charge in [-0.25, -0.2) is 4.79 Å². The standard InChI is InChI=1S/C19H25NO4/c1-2-13-7-10-19(11-8-13,18(22)23)20-17(21)15-9-12-24-16-6-4-3-5-14(15)16/h3-6,13,15H,2,7-12H2,1H3,(H,20,21)(H,22,23). The van der Waals surface area contributed by atoms with E-state index in [0.717, 1.165) is 30.6 Å². The molecular weight excluding hydrogens is 306 g/mol. The van der Waals surface area contributed by atoms with E-state index in [1.165, 1.54) is 0 Å². The fourth-order valence-electron chi connectivity index (χ4n) is 3.91. The molecule has 1 unspecified atom stereocenters. The van der Waals surface area contributed by atoms with Gasteiger partial charge >= 0.3 is 5.97 Å². The minimum atomic E-state index is -1.12. The Morgan fingerprint density at radius 1 is 1.25 bits per heavy atom. The summed E-state index contributed by atoms with van der Waals surface area (Å²) in [5.74, 6) is -0.148. The van der Waals surface area contributed by atoms with Crippen LogP contribution in [0.3, 0.4) is 0 Å². The second kappa shape index (κ2) is 6.83. The normalized spacial score (nSPS) is 29.2. The van der Waals surface area contributed by atoms with Crippen molar-refractivity contribution < 1.29 is 19.4 Å². The molecule has 0 radical (unpaired) electrons. The van der Waals surface area contributed by atoms with Crippen LogP contribution in [0.5, 0.6) is 5.75 Å². The first-order valence-corrected chi connectivity index (χ1v) is 8.83. The van der Waals surface area contributed by atoms with E-state index in [9.17, 15) is 14.7 Å². The molecule has 1 fully saturated rings. The highest BCUT2D eigenvalue weighted by atomic mass is 16.5. The number of aliphatic carboxylic acids is 1. The molecule has 1 aliphatic heterocycles. The number of fused-ring (bicyclic) bond motifs is 1. The fraction of sp³-hybridized carbons (Fsp3) is 0.579. The maximum absolute atomic E-state index is 12.9. The van der Waals surface area contributed by atoms with Crippen LogP contribution < -0.4 is 10.1 Å². The van der Waals surface area contributed by atoms with Gasteiger partial charge in [0.15, 0.2) is 0 Å². The van der Waals surface area contributed by atoms with Crippen molar-refractivity contribution in [3.8, 4) is 5.75 Å². The first-order valence-electron chi connectivity index (χ1n) is 8.83. The molecule has 1 amide bonds. The van der Waals surface area contributed by atoms with Crippen molar-refractivity contribution in [2.45, 2.75) is 56.9 Å². The van der Waals surface area contributed by atoms with E-state index in [0.29, 0.717) is 31.8 Å². The zero-order valence-electron chi connectivity index (χ0n) is 14.1. The van der Waals surface area contributed by atoms with Crippen LogP contribution >= 0.6 is 0 Å². The van der Waals surface area contributed by atoms with Gasteiger partial charge in [0.2, 0.25) is 5.91 Å². The van der Waals surface area contributed by atoms with E-state index < -0.39 is 11.5 Å². The molecule has 3 rings (SSSR count). The summed E-state index contributed by atoms with van der Waals surface area (Å²) in [4.78, 5) is 24.8. The van der Waals surface area contributed by atoms with Crippen LogP contribution in [-0.4, -0.2) is 29.1 Å². The highest BCUT2D eigenvalue weighted by Crippen LogP contribution is 2.37. The summed E-state index contributed by atoms with van der Waals surface area (Å²) in [6.45, 7) is 2.61. The first kappa shape index (κ1) is 16.8. The van der Waals surface area contributed by atoms with Crippen LogP contribution in [0.25, 0.3) is 0 Å². The molecule has 5 nitrogen and oxygen atoms in total. The van der Waals surface area contributed by atoms with Crippen LogP contribution in [0, 0.1) is 5.92 Å². The Morgan fingerprint density at radius 2 is 1.96 bits per heavy atom. The number of hydrogen-bond donors (Lipinski definition) is 2. The van der Waals surface area contributed by atoms with E-state index in [1.807, 2.05) is 24.3 Å². The number of benzene rings is 1. The van der Waals surface area contributed by atoms with E-state index in [1.54, 1.807) is 0 Å². The van der Waals surface area contributed by atoms with Crippen molar-refractivity contribution in [2.75, 3.05) is 6.61 Å². The van der Waals surface area contributed by atoms with Crippen molar-refractivity contribution in [1.29, 1.82) is 0 Å². The van der Waals surface area contributed by atoms with Crippen molar-refractivity contribution in [3.63, 3.8) is 0 Å². The van der Waals surface area contributed by atoms with Crippen molar-refractivity contribution in [3.05, 3.63) is 29.8 Å². The van der Waals surface area contributed by atoms with Crippen LogP contribution in [0.4, 0.5) is 0 Å². The maximum atomic E-state index is 12.9. The fourth-order valence-corrected chi connectivity index (χ4v) is 3.91. The Kier molecular flexibility index (Phi) is 4.78. The molecular formula is C19H25NO4. The minimum absolute atomic E-state index is 0.192. The molecule has 24 heavy (non-hydrogen) atoms. The summed E-state index contributed by atoms with van der Waals surface area (Å²) < 4.78 is 5.60. The van der Waals surface area contributed by atoms with Gasteiger partial charge in [0.25, 0.3) is 0 Å². The SMILES string of the molecule is CCC1CCC(NC(=O)C2CCOc3ccccc32)(C(=O)O)CC1. The average molecular weight is 331 g/mol. The summed E-state index contributed by atoms with van der Waals surface area (Å²) in [6, 6.07) is 7.51. The number of carboxylic acids is 1. The molecule has 2 aliphatic rings. The Labute approximate surface area is 142 Å². The number of ether oxygens (including phenoxy) is 1. The molecule has 0 spiro atoms. The van der Waals surface area contributed by atoms with Gasteiger partial charge in [0.05, 0.1) is 12.5 Å². The third kappa shape index (κ3) is 3.12. The van der Waals surface area contributed by atoms with Gasteiger partial charge in [-0.2, -0.15) is 0 Å². The third-order valence-corrected chi connectivity index (χ3v) is 5.58. The third-order valence-electron chi connectivity index (χ3n) is 5.58. The molecule has 0 bridgehead atoms. The minimum Gasteiger partial charge on any atom is -0.493 e. The van der Waals surface area contributed by atoms with Gasteiger partial charge in [-0.05, 0) is 44.1 Å². The zero-order valence-corrected chi connectivity index (χ0v) is 14.1. The molecule has 130 valence electrons. The molecule has 1 atom stereocenters. The molecule has 1 aliphatic carbocycles. The summed E-state index contributed by atoms with van der Waals surface area (Å²) in [5.41, 5.74) is -0.264. The van der Waals surface area contributed by atoms with E-state index in [2.05, 4.69) is 12.2 Å². The Morgan fingerprint density at radius 3 is 2.62 bits per heavy atom. The van der Waals surface area contributed by atoms with Crippen LogP contribution in [0.15, 0.2) is 24.3 Å². The summed E-state index contributed by atoms with van der Waals surface area (Å²) in [5, 5.41) is 12.6. The molecule has 0 aromatic heterocycles. The molecule has 2 N–H and O–H groups in total. The van der Waals surface area contributed by atoms with Gasteiger partial charge in [-0.15, -0.1) is 0 Å². The number of carboxylic acid groups (broad SMARTS) is 1. The topological polar surface area (TPSA) is 75.6 Å². The van der Waals surface area contributed by atoms with Crippen molar-refractivity contribution in [1.82, 2.24) is 5.32 Å². The quantitative estimate of drug-likeness (QED) is 0.889. The van der Waals surface area contributed by atoms with Gasteiger partial charge < -0.3 is 15.2 Å². The molecule has 0 saturated heterocycles. The number of amides is 1. The van der Waals surface area contributed by atoms with Gasteiger partial charge in [0, 0.05) is 5.56 Å². The van der Waals surface area contributed by atoms with Gasteiger partial charge in [-0.1, -0.05) is 31.5 Å². The summed E-state index contributed by atoms with van der Waals surface area (Å²) in [6.07, 6.45) is 4.38. The first-order chi connectivity index (χ1) is 11.6. The summed E-state index contributed by atoms with van der Waals surface area (Å²) >= 11 is 0. The lowest BCUT2D eigenvalue weighted by molar-refractivity contribution is -0.150. The van der Waals surface area contributed by atoms with Crippen LogP contribution in [0.2, 0.25) is 0 Å². The number of hydrogen-bond acceptors (Lipinski definition) is 3. The van der Waals surface area contributed by atoms with Crippen LogP contribution in [-0.2, 0) is 9.59 Å². The lowest BCUT2D eigenvalue weighted by Crippen LogP contribution is -2.57. The van der Waals surface area contributed by atoms with Gasteiger partial charge in [0.1, 0.15) is 11.3 Å². The largest absolute Gasteiger partial charge is 0.493 e.